The van der Waals surface area contributed by atoms with Crippen LogP contribution in [-0.4, -0.2) is 24.1 Å². The maximum atomic E-state index is 6.57. The van der Waals surface area contributed by atoms with E-state index >= 15 is 0 Å². The Hall–Kier alpha value is -8.03. The quantitative estimate of drug-likeness (QED) is 0.179. The first-order valence-electron chi connectivity index (χ1n) is 19.4. The van der Waals surface area contributed by atoms with Gasteiger partial charge in [-0.2, -0.15) is 9.97 Å². The van der Waals surface area contributed by atoms with Gasteiger partial charge in [-0.1, -0.05) is 91.0 Å². The summed E-state index contributed by atoms with van der Waals surface area (Å²) >= 11 is 0. The van der Waals surface area contributed by atoms with Gasteiger partial charge < -0.3 is 13.4 Å². The van der Waals surface area contributed by atoms with E-state index in [0.29, 0.717) is 17.6 Å². The van der Waals surface area contributed by atoms with Crippen molar-refractivity contribution in [3.8, 4) is 34.4 Å². The molecule has 7 heteroatoms. The SMILES string of the molecule is c1ccc2c(c1)oc1ccc(-c3nc(-c4ccc5oc6cc(-n7c8ccccc8c8ccccc87)ccc6c5c4)nc(-n4c5ccccc5c5ccccc54)n3)cc12. The molecule has 0 aliphatic heterocycles. The third-order valence-electron chi connectivity index (χ3n) is 11.6. The van der Waals surface area contributed by atoms with Crippen molar-refractivity contribution in [1.82, 2.24) is 24.1 Å². The molecule has 0 N–H and O–H groups in total. The zero-order valence-corrected chi connectivity index (χ0v) is 30.8. The minimum absolute atomic E-state index is 0.544. The topological polar surface area (TPSA) is 74.8 Å². The molecule has 0 saturated carbocycles. The second-order valence-corrected chi connectivity index (χ2v) is 14.8. The van der Waals surface area contributed by atoms with Gasteiger partial charge in [0, 0.05) is 66.0 Å². The van der Waals surface area contributed by atoms with E-state index in [1.54, 1.807) is 0 Å². The number of para-hydroxylation sites is 5. The van der Waals surface area contributed by atoms with E-state index in [1.165, 1.54) is 10.8 Å². The highest BCUT2D eigenvalue weighted by Crippen LogP contribution is 2.38. The summed E-state index contributed by atoms with van der Waals surface area (Å²) in [7, 11) is 0. The molecule has 0 radical (unpaired) electrons. The van der Waals surface area contributed by atoms with Crippen molar-refractivity contribution < 1.29 is 8.83 Å². The number of rotatable bonds is 4. The molecule has 0 aliphatic rings. The fourth-order valence-corrected chi connectivity index (χ4v) is 8.97. The van der Waals surface area contributed by atoms with Crippen LogP contribution < -0.4 is 0 Å². The minimum atomic E-state index is 0.544. The van der Waals surface area contributed by atoms with Crippen molar-refractivity contribution in [2.24, 2.45) is 0 Å². The van der Waals surface area contributed by atoms with Gasteiger partial charge in [0.05, 0.1) is 22.1 Å². The van der Waals surface area contributed by atoms with E-state index in [-0.39, 0.29) is 0 Å². The standard InChI is InChI=1S/C51H29N5O2/c1-6-16-41-33(11-1)34-12-2-7-17-42(34)55(41)32-23-24-38-40-28-31(22-26-47(40)58-48(38)29-32)50-52-49(30-21-25-46-39(27-30)37-15-5-10-20-45(37)57-46)53-51(54-50)56-43-18-8-3-13-35(43)36-14-4-9-19-44(36)56/h1-29H. The van der Waals surface area contributed by atoms with Crippen LogP contribution >= 0.6 is 0 Å². The summed E-state index contributed by atoms with van der Waals surface area (Å²) in [5.74, 6) is 1.68. The Kier molecular flexibility index (Phi) is 6.32. The normalized spacial score (nSPS) is 12.1. The highest BCUT2D eigenvalue weighted by molar-refractivity contribution is 6.12. The van der Waals surface area contributed by atoms with Crippen LogP contribution in [0.2, 0.25) is 0 Å². The Labute approximate surface area is 329 Å². The zero-order valence-electron chi connectivity index (χ0n) is 30.8. The number of nitrogens with zero attached hydrogens (tertiary/aromatic N) is 5. The first kappa shape index (κ1) is 31.2. The van der Waals surface area contributed by atoms with E-state index in [4.69, 9.17) is 23.8 Å². The molecule has 0 bridgehead atoms. The summed E-state index contributed by atoms with van der Waals surface area (Å²) in [6, 6.07) is 60.9. The molecule has 0 saturated heterocycles. The summed E-state index contributed by atoms with van der Waals surface area (Å²) in [6.07, 6.45) is 0. The monoisotopic (exact) mass is 743 g/mol. The highest BCUT2D eigenvalue weighted by atomic mass is 16.3. The van der Waals surface area contributed by atoms with E-state index in [0.717, 1.165) is 93.5 Å². The Morgan fingerprint density at radius 1 is 0.310 bits per heavy atom. The maximum Gasteiger partial charge on any atom is 0.238 e. The second-order valence-electron chi connectivity index (χ2n) is 14.8. The average Bonchev–Trinajstić information content (AvgIpc) is 4.03. The van der Waals surface area contributed by atoms with Crippen molar-refractivity contribution in [2.45, 2.75) is 0 Å². The van der Waals surface area contributed by atoms with Crippen molar-refractivity contribution in [3.05, 3.63) is 176 Å². The zero-order chi connectivity index (χ0) is 37.9. The Morgan fingerprint density at radius 2 is 0.741 bits per heavy atom. The van der Waals surface area contributed by atoms with Crippen molar-refractivity contribution in [2.75, 3.05) is 0 Å². The lowest BCUT2D eigenvalue weighted by Gasteiger charge is -2.11. The first-order valence-corrected chi connectivity index (χ1v) is 19.4. The van der Waals surface area contributed by atoms with Crippen molar-refractivity contribution in [1.29, 1.82) is 0 Å². The lowest BCUT2D eigenvalue weighted by molar-refractivity contribution is 0.668. The second kappa shape index (κ2) is 11.7. The van der Waals surface area contributed by atoms with Crippen molar-refractivity contribution >= 4 is 87.5 Å². The van der Waals surface area contributed by atoms with Crippen LogP contribution in [0.15, 0.2) is 185 Å². The molecular weight excluding hydrogens is 715 g/mol. The third-order valence-corrected chi connectivity index (χ3v) is 11.6. The summed E-state index contributed by atoms with van der Waals surface area (Å²) < 4.78 is 17.2. The minimum Gasteiger partial charge on any atom is -0.456 e. The van der Waals surface area contributed by atoms with Crippen molar-refractivity contribution in [3.63, 3.8) is 0 Å². The van der Waals surface area contributed by atoms with Crippen LogP contribution in [0.5, 0.6) is 0 Å². The molecule has 0 fully saturated rings. The van der Waals surface area contributed by atoms with E-state index in [1.807, 2.05) is 42.5 Å². The third kappa shape index (κ3) is 4.46. The highest BCUT2D eigenvalue weighted by Gasteiger charge is 2.20. The smallest absolute Gasteiger partial charge is 0.238 e. The Bertz CT molecular complexity index is 3720. The number of furan rings is 2. The van der Waals surface area contributed by atoms with Gasteiger partial charge in [0.15, 0.2) is 11.6 Å². The fraction of sp³-hybridized carbons (Fsp3) is 0. The molecule has 7 nitrogen and oxygen atoms in total. The lowest BCUT2D eigenvalue weighted by atomic mass is 10.1. The summed E-state index contributed by atoms with van der Waals surface area (Å²) in [5.41, 5.74) is 10.4. The largest absolute Gasteiger partial charge is 0.456 e. The van der Waals surface area contributed by atoms with Crippen LogP contribution in [0.1, 0.15) is 0 Å². The van der Waals surface area contributed by atoms with Gasteiger partial charge in [0.25, 0.3) is 0 Å². The summed E-state index contributed by atoms with van der Waals surface area (Å²) in [4.78, 5) is 15.6. The first-order chi connectivity index (χ1) is 28.7. The summed E-state index contributed by atoms with van der Waals surface area (Å²) in [6.45, 7) is 0. The van der Waals surface area contributed by atoms with Crippen LogP contribution in [0.3, 0.4) is 0 Å². The summed E-state index contributed by atoms with van der Waals surface area (Å²) in [5, 5.41) is 8.81. The van der Waals surface area contributed by atoms with Crippen LogP contribution in [-0.2, 0) is 0 Å². The molecule has 13 rings (SSSR count). The molecule has 0 unspecified atom stereocenters. The molecular formula is C51H29N5O2. The maximum absolute atomic E-state index is 6.57. The number of aromatic nitrogens is 5. The number of benzene rings is 8. The number of hydrogen-bond acceptors (Lipinski definition) is 5. The Balaban J connectivity index is 1.01. The van der Waals surface area contributed by atoms with Crippen LogP contribution in [0.25, 0.3) is 122 Å². The lowest BCUT2D eigenvalue weighted by Crippen LogP contribution is -2.06. The molecule has 13 aromatic rings. The number of hydrogen-bond donors (Lipinski definition) is 0. The molecule has 5 aromatic heterocycles. The van der Waals surface area contributed by atoms with Gasteiger partial charge in [-0.15, -0.1) is 0 Å². The van der Waals surface area contributed by atoms with Crippen LogP contribution in [0, 0.1) is 0 Å². The Morgan fingerprint density at radius 3 is 1.29 bits per heavy atom. The fourth-order valence-electron chi connectivity index (χ4n) is 8.97. The van der Waals surface area contributed by atoms with Gasteiger partial charge in [0.2, 0.25) is 5.95 Å². The predicted molar refractivity (Wildman–Crippen MR) is 234 cm³/mol. The molecule has 270 valence electrons. The van der Waals surface area contributed by atoms with Gasteiger partial charge in [0.1, 0.15) is 22.3 Å². The van der Waals surface area contributed by atoms with E-state index in [2.05, 4.69) is 143 Å². The molecule has 5 heterocycles. The number of fused-ring (bicyclic) bond motifs is 12. The molecule has 0 spiro atoms. The van der Waals surface area contributed by atoms with Crippen LogP contribution in [0.4, 0.5) is 0 Å². The van der Waals surface area contributed by atoms with Gasteiger partial charge >= 0.3 is 0 Å². The van der Waals surface area contributed by atoms with Gasteiger partial charge in [-0.25, -0.2) is 4.98 Å². The molecule has 0 amide bonds. The molecule has 58 heavy (non-hydrogen) atoms. The average molecular weight is 744 g/mol. The molecule has 0 atom stereocenters. The molecule has 8 aromatic carbocycles. The predicted octanol–water partition coefficient (Wildman–Crippen LogP) is 13.2. The van der Waals surface area contributed by atoms with E-state index in [9.17, 15) is 0 Å². The van der Waals surface area contributed by atoms with E-state index < -0.39 is 0 Å². The van der Waals surface area contributed by atoms with Gasteiger partial charge in [-0.3, -0.25) is 4.57 Å². The molecule has 0 aliphatic carbocycles. The van der Waals surface area contributed by atoms with Gasteiger partial charge in [-0.05, 0) is 78.9 Å².